The number of rotatable bonds is 4. The number of aromatic nitrogens is 2. The molecule has 0 spiro atoms. The van der Waals surface area contributed by atoms with Crippen molar-refractivity contribution in [3.05, 3.63) is 97.7 Å². The third kappa shape index (κ3) is 4.22. The van der Waals surface area contributed by atoms with Crippen molar-refractivity contribution in [2.45, 2.75) is 43.9 Å². The fourth-order valence-corrected chi connectivity index (χ4v) is 4.57. The lowest BCUT2D eigenvalue weighted by atomic mass is 9.76. The molecule has 1 fully saturated rings. The smallest absolute Gasteiger partial charge is 0.255 e. The highest BCUT2D eigenvalue weighted by atomic mass is 32.1. The Balaban J connectivity index is 1.62. The topological polar surface area (TPSA) is 48.6 Å². The number of benzene rings is 2. The highest BCUT2D eigenvalue weighted by Crippen LogP contribution is 2.40. The van der Waals surface area contributed by atoms with E-state index in [1.54, 1.807) is 0 Å². The second-order valence-electron chi connectivity index (χ2n) is 7.65. The highest BCUT2D eigenvalue weighted by Gasteiger charge is 2.27. The zero-order chi connectivity index (χ0) is 20.4. The molecule has 2 N–H and O–H groups in total. The van der Waals surface area contributed by atoms with E-state index in [0.717, 1.165) is 37.4 Å². The normalized spacial score (nSPS) is 19.2. The first kappa shape index (κ1) is 19.7. The van der Waals surface area contributed by atoms with Gasteiger partial charge in [0.2, 0.25) is 0 Å². The van der Waals surface area contributed by atoms with Crippen molar-refractivity contribution in [2.75, 3.05) is 0 Å². The molecule has 3 nitrogen and oxygen atoms in total. The quantitative estimate of drug-likeness (QED) is 0.537. The van der Waals surface area contributed by atoms with Crippen LogP contribution in [-0.4, -0.2) is 9.97 Å². The van der Waals surface area contributed by atoms with Crippen LogP contribution in [0.1, 0.15) is 59.9 Å². The number of hydrogen-bond donors (Lipinski definition) is 2. The molecule has 1 saturated carbocycles. The first-order valence-corrected chi connectivity index (χ1v) is 10.3. The minimum atomic E-state index is -0.910. The van der Waals surface area contributed by atoms with Gasteiger partial charge in [0, 0.05) is 17.7 Å². The van der Waals surface area contributed by atoms with Crippen LogP contribution in [0.5, 0.6) is 0 Å². The predicted molar refractivity (Wildman–Crippen MR) is 112 cm³/mol. The summed E-state index contributed by atoms with van der Waals surface area (Å²) in [5.41, 5.74) is 2.37. The van der Waals surface area contributed by atoms with Gasteiger partial charge in [0.05, 0.1) is 0 Å². The molecule has 0 aliphatic heterocycles. The van der Waals surface area contributed by atoms with Crippen LogP contribution >= 0.6 is 12.2 Å². The summed E-state index contributed by atoms with van der Waals surface area (Å²) in [6, 6.07) is 14.5. The number of H-pyrrole nitrogens is 2. The fourth-order valence-electron chi connectivity index (χ4n) is 4.37. The van der Waals surface area contributed by atoms with Gasteiger partial charge in [-0.25, -0.2) is 8.78 Å². The minimum absolute atomic E-state index is 0.0268. The Morgan fingerprint density at radius 2 is 1.59 bits per heavy atom. The molecule has 3 aromatic rings. The second-order valence-corrected chi connectivity index (χ2v) is 8.06. The first-order valence-electron chi connectivity index (χ1n) is 9.86. The van der Waals surface area contributed by atoms with Crippen LogP contribution in [0.4, 0.5) is 8.78 Å². The molecular formula is C23H22F2N2OS. The van der Waals surface area contributed by atoms with E-state index in [4.69, 9.17) is 12.2 Å². The van der Waals surface area contributed by atoms with Crippen LogP contribution < -0.4 is 5.56 Å². The Labute approximate surface area is 172 Å². The molecule has 1 heterocycles. The van der Waals surface area contributed by atoms with Crippen molar-refractivity contribution in [1.29, 1.82) is 0 Å². The summed E-state index contributed by atoms with van der Waals surface area (Å²) in [5, 5.41) is 0. The molecule has 6 heteroatoms. The average Bonchev–Trinajstić information content (AvgIpc) is 2.73. The van der Waals surface area contributed by atoms with Gasteiger partial charge in [-0.15, -0.1) is 0 Å². The molecular weight excluding hydrogens is 390 g/mol. The van der Waals surface area contributed by atoms with Gasteiger partial charge in [0.15, 0.2) is 16.4 Å². The van der Waals surface area contributed by atoms with E-state index in [1.165, 1.54) is 17.7 Å². The Morgan fingerprint density at radius 3 is 2.31 bits per heavy atom. The van der Waals surface area contributed by atoms with Crippen LogP contribution in [0.15, 0.2) is 53.3 Å². The second kappa shape index (κ2) is 8.41. The van der Waals surface area contributed by atoms with E-state index in [0.29, 0.717) is 11.5 Å². The van der Waals surface area contributed by atoms with Crippen LogP contribution in [0, 0.1) is 16.4 Å². The molecule has 0 saturated heterocycles. The minimum Gasteiger partial charge on any atom is -0.335 e. The molecule has 0 atom stereocenters. The zero-order valence-corrected chi connectivity index (χ0v) is 16.7. The largest absolute Gasteiger partial charge is 0.335 e. The van der Waals surface area contributed by atoms with Crippen molar-refractivity contribution >= 4 is 12.2 Å². The van der Waals surface area contributed by atoms with Gasteiger partial charge in [-0.05, 0) is 66.9 Å². The standard InChI is InChI=1S/C23H22F2N2OS/c24-19-8-4-7-17(20(19)25)13-18-21(26-23(29)27-22(18)28)16-11-9-15(10-12-16)14-5-2-1-3-6-14/h1-8,15-16H,9-13H2,(H2,26,27,28,29). The van der Waals surface area contributed by atoms with Crippen LogP contribution in [0.3, 0.4) is 0 Å². The maximum Gasteiger partial charge on any atom is 0.255 e. The van der Waals surface area contributed by atoms with Crippen molar-refractivity contribution in [3.8, 4) is 0 Å². The summed E-state index contributed by atoms with van der Waals surface area (Å²) in [5.74, 6) is -1.17. The van der Waals surface area contributed by atoms with E-state index < -0.39 is 11.6 Å². The third-order valence-electron chi connectivity index (χ3n) is 5.88. The summed E-state index contributed by atoms with van der Waals surface area (Å²) >= 11 is 5.18. The first-order chi connectivity index (χ1) is 14.0. The van der Waals surface area contributed by atoms with Crippen molar-refractivity contribution in [2.24, 2.45) is 0 Å². The predicted octanol–water partition coefficient (Wildman–Crippen LogP) is 5.74. The SMILES string of the molecule is O=c1[nH]c(=S)[nH]c(C2CCC(c3ccccc3)CC2)c1Cc1cccc(F)c1F. The van der Waals surface area contributed by atoms with Gasteiger partial charge in [-0.1, -0.05) is 42.5 Å². The van der Waals surface area contributed by atoms with E-state index in [9.17, 15) is 13.6 Å². The van der Waals surface area contributed by atoms with Gasteiger partial charge in [0.25, 0.3) is 5.56 Å². The van der Waals surface area contributed by atoms with Crippen LogP contribution in [0.2, 0.25) is 0 Å². The van der Waals surface area contributed by atoms with Gasteiger partial charge in [0.1, 0.15) is 0 Å². The monoisotopic (exact) mass is 412 g/mol. The molecule has 1 aromatic heterocycles. The molecule has 0 amide bonds. The van der Waals surface area contributed by atoms with Crippen molar-refractivity contribution in [3.63, 3.8) is 0 Å². The van der Waals surface area contributed by atoms with Gasteiger partial charge in [-0.3, -0.25) is 9.78 Å². The number of nitrogens with one attached hydrogen (secondary N) is 2. The van der Waals surface area contributed by atoms with E-state index >= 15 is 0 Å². The zero-order valence-electron chi connectivity index (χ0n) is 15.9. The Hall–Kier alpha value is -2.60. The fraction of sp³-hybridized carbons (Fsp3) is 0.304. The van der Waals surface area contributed by atoms with Gasteiger partial charge >= 0.3 is 0 Å². The number of aromatic amines is 2. The molecule has 150 valence electrons. The highest BCUT2D eigenvalue weighted by molar-refractivity contribution is 7.71. The maximum absolute atomic E-state index is 14.2. The van der Waals surface area contributed by atoms with Crippen molar-refractivity contribution < 1.29 is 8.78 Å². The molecule has 0 bridgehead atoms. The Kier molecular flexibility index (Phi) is 5.72. The molecule has 2 aromatic carbocycles. The Morgan fingerprint density at radius 1 is 0.897 bits per heavy atom. The summed E-state index contributed by atoms with van der Waals surface area (Å²) < 4.78 is 28.1. The molecule has 4 rings (SSSR count). The molecule has 1 aliphatic rings. The number of hydrogen-bond acceptors (Lipinski definition) is 2. The van der Waals surface area contributed by atoms with E-state index in [1.807, 2.05) is 6.07 Å². The average molecular weight is 413 g/mol. The lowest BCUT2D eigenvalue weighted by molar-refractivity contribution is 0.388. The lowest BCUT2D eigenvalue weighted by Gasteiger charge is -2.29. The summed E-state index contributed by atoms with van der Waals surface area (Å²) in [6.07, 6.45) is 3.87. The molecule has 0 radical (unpaired) electrons. The molecule has 29 heavy (non-hydrogen) atoms. The third-order valence-corrected chi connectivity index (χ3v) is 6.08. The number of halogens is 2. The molecule has 0 unspecified atom stereocenters. The molecule has 1 aliphatic carbocycles. The van der Waals surface area contributed by atoms with E-state index in [-0.39, 0.29) is 28.2 Å². The maximum atomic E-state index is 14.2. The summed E-state index contributed by atoms with van der Waals surface area (Å²) in [7, 11) is 0. The summed E-state index contributed by atoms with van der Waals surface area (Å²) in [4.78, 5) is 18.4. The van der Waals surface area contributed by atoms with Gasteiger partial charge < -0.3 is 4.98 Å². The summed E-state index contributed by atoms with van der Waals surface area (Å²) in [6.45, 7) is 0. The lowest BCUT2D eigenvalue weighted by Crippen LogP contribution is -2.23. The Bertz CT molecular complexity index is 1120. The van der Waals surface area contributed by atoms with Crippen molar-refractivity contribution in [1.82, 2.24) is 9.97 Å². The van der Waals surface area contributed by atoms with E-state index in [2.05, 4.69) is 34.2 Å². The van der Waals surface area contributed by atoms with Crippen LogP contribution in [-0.2, 0) is 6.42 Å². The van der Waals surface area contributed by atoms with Gasteiger partial charge in [-0.2, -0.15) is 0 Å². The van der Waals surface area contributed by atoms with Crippen LogP contribution in [0.25, 0.3) is 0 Å².